The number of nitrogens with zero attached hydrogens (tertiary/aromatic N) is 2. The number of likely N-dealkylation sites (tertiary alicyclic amines) is 1. The summed E-state index contributed by atoms with van der Waals surface area (Å²) in [6.45, 7) is 5.52. The van der Waals surface area contributed by atoms with Gasteiger partial charge in [-0.15, -0.1) is 0 Å². The van der Waals surface area contributed by atoms with E-state index in [1.54, 1.807) is 0 Å². The first-order valence-electron chi connectivity index (χ1n) is 12.5. The van der Waals surface area contributed by atoms with Gasteiger partial charge in [0.1, 0.15) is 0 Å². The number of amides is 1. The number of fused-ring (bicyclic) bond motifs is 1. The van der Waals surface area contributed by atoms with E-state index in [0.29, 0.717) is 0 Å². The second kappa shape index (κ2) is 10.7. The van der Waals surface area contributed by atoms with E-state index in [9.17, 15) is 4.79 Å². The molecule has 0 spiro atoms. The summed E-state index contributed by atoms with van der Waals surface area (Å²) in [7, 11) is 0. The molecular weight excluding hydrogens is 454 g/mol. The van der Waals surface area contributed by atoms with Crippen LogP contribution in [0.3, 0.4) is 0 Å². The van der Waals surface area contributed by atoms with Crippen LogP contribution < -0.4 is 5.32 Å². The molecule has 5 rings (SSSR count). The molecule has 1 atom stereocenters. The number of rotatable bonds is 7. The highest BCUT2D eigenvalue weighted by Gasteiger charge is 2.26. The second-order valence-electron chi connectivity index (χ2n) is 9.56. The standard InChI is InChI=1S/C30H32ClN3O/c1-22(23-9-3-2-4-10-23)32-30(35)24-15-17-33(18-16-24)21-27-19-25-11-6-8-14-29(25)34(27)20-26-12-5-7-13-28(26)31/h2-14,19,22,24H,15-18,20-21H2,1H3,(H,32,35)/t22-/m1/s1. The van der Waals surface area contributed by atoms with Crippen molar-refractivity contribution in [2.45, 2.75) is 38.9 Å². The van der Waals surface area contributed by atoms with Crippen LogP contribution in [0.15, 0.2) is 84.9 Å². The SMILES string of the molecule is C[C@@H](NC(=O)C1CCN(Cc2cc3ccccc3n2Cc2ccccc2Cl)CC1)c1ccccc1. The lowest BCUT2D eigenvalue weighted by Gasteiger charge is -2.32. The first-order valence-corrected chi connectivity index (χ1v) is 12.8. The Morgan fingerprint density at radius 2 is 1.63 bits per heavy atom. The maximum atomic E-state index is 12.9. The molecule has 35 heavy (non-hydrogen) atoms. The number of carbonyl (C=O) groups excluding carboxylic acids is 1. The summed E-state index contributed by atoms with van der Waals surface area (Å²) in [6.07, 6.45) is 1.77. The van der Waals surface area contributed by atoms with E-state index in [2.05, 4.69) is 70.2 Å². The monoisotopic (exact) mass is 485 g/mol. The number of carbonyl (C=O) groups is 1. The highest BCUT2D eigenvalue weighted by Crippen LogP contribution is 2.27. The molecule has 0 bridgehead atoms. The maximum Gasteiger partial charge on any atom is 0.223 e. The van der Waals surface area contributed by atoms with E-state index >= 15 is 0 Å². The van der Waals surface area contributed by atoms with Crippen LogP contribution >= 0.6 is 11.6 Å². The lowest BCUT2D eigenvalue weighted by atomic mass is 9.95. The Hall–Kier alpha value is -3.08. The van der Waals surface area contributed by atoms with Crippen molar-refractivity contribution in [2.24, 2.45) is 5.92 Å². The Morgan fingerprint density at radius 3 is 2.40 bits per heavy atom. The number of halogens is 1. The zero-order valence-corrected chi connectivity index (χ0v) is 20.9. The van der Waals surface area contributed by atoms with Crippen LogP contribution in [0.25, 0.3) is 10.9 Å². The fraction of sp³-hybridized carbons (Fsp3) is 0.300. The second-order valence-corrected chi connectivity index (χ2v) is 9.97. The third-order valence-corrected chi connectivity index (χ3v) is 7.55. The molecule has 2 heterocycles. The highest BCUT2D eigenvalue weighted by molar-refractivity contribution is 6.31. The maximum absolute atomic E-state index is 12.9. The van der Waals surface area contributed by atoms with E-state index in [1.165, 1.54) is 16.6 Å². The molecule has 5 heteroatoms. The van der Waals surface area contributed by atoms with Gasteiger partial charge < -0.3 is 9.88 Å². The number of aromatic nitrogens is 1. The average Bonchev–Trinajstić information content (AvgIpc) is 3.23. The van der Waals surface area contributed by atoms with Crippen molar-refractivity contribution in [3.63, 3.8) is 0 Å². The molecule has 0 unspecified atom stereocenters. The van der Waals surface area contributed by atoms with Gasteiger partial charge >= 0.3 is 0 Å². The third kappa shape index (κ3) is 5.44. The zero-order valence-electron chi connectivity index (χ0n) is 20.2. The molecular formula is C30H32ClN3O. The third-order valence-electron chi connectivity index (χ3n) is 7.18. The summed E-state index contributed by atoms with van der Waals surface area (Å²) in [4.78, 5) is 15.4. The van der Waals surface area contributed by atoms with Crippen molar-refractivity contribution < 1.29 is 4.79 Å². The first kappa shape index (κ1) is 23.7. The van der Waals surface area contributed by atoms with Gasteiger partial charge in [0.2, 0.25) is 5.91 Å². The van der Waals surface area contributed by atoms with Crippen molar-refractivity contribution in [1.82, 2.24) is 14.8 Å². The van der Waals surface area contributed by atoms with Gasteiger partial charge in [-0.2, -0.15) is 0 Å². The van der Waals surface area contributed by atoms with Gasteiger partial charge in [0.05, 0.1) is 6.04 Å². The first-order chi connectivity index (χ1) is 17.1. The highest BCUT2D eigenvalue weighted by atomic mass is 35.5. The normalized spacial score (nSPS) is 15.8. The molecule has 1 N–H and O–H groups in total. The molecule has 4 nitrogen and oxygen atoms in total. The van der Waals surface area contributed by atoms with Gasteiger partial charge in [0.25, 0.3) is 0 Å². The Labute approximate surface area is 212 Å². The molecule has 3 aromatic carbocycles. The van der Waals surface area contributed by atoms with Crippen molar-refractivity contribution in [2.75, 3.05) is 13.1 Å². The minimum Gasteiger partial charge on any atom is -0.349 e. The minimum absolute atomic E-state index is 0.0299. The summed E-state index contributed by atoms with van der Waals surface area (Å²) in [5.41, 5.74) is 4.78. The van der Waals surface area contributed by atoms with Crippen LogP contribution in [0, 0.1) is 5.92 Å². The fourth-order valence-electron chi connectivity index (χ4n) is 5.12. The Kier molecular flexibility index (Phi) is 7.21. The number of nitrogens with one attached hydrogen (secondary N) is 1. The van der Waals surface area contributed by atoms with Gasteiger partial charge in [0, 0.05) is 35.2 Å². The number of para-hydroxylation sites is 1. The molecule has 1 aliphatic rings. The van der Waals surface area contributed by atoms with Crippen LogP contribution in [0.2, 0.25) is 5.02 Å². The van der Waals surface area contributed by atoms with E-state index in [-0.39, 0.29) is 17.9 Å². The zero-order chi connectivity index (χ0) is 24.2. The quantitative estimate of drug-likeness (QED) is 0.327. The number of hydrogen-bond donors (Lipinski definition) is 1. The van der Waals surface area contributed by atoms with Crippen LogP contribution in [-0.4, -0.2) is 28.5 Å². The molecule has 1 aliphatic heterocycles. The molecule has 1 saturated heterocycles. The van der Waals surface area contributed by atoms with Gasteiger partial charge in [-0.1, -0.05) is 78.3 Å². The van der Waals surface area contributed by atoms with Crippen LogP contribution in [0.1, 0.15) is 42.6 Å². The van der Waals surface area contributed by atoms with Gasteiger partial charge in [-0.3, -0.25) is 9.69 Å². The molecule has 0 radical (unpaired) electrons. The smallest absolute Gasteiger partial charge is 0.223 e. The number of hydrogen-bond acceptors (Lipinski definition) is 2. The molecule has 1 fully saturated rings. The van der Waals surface area contributed by atoms with E-state index in [0.717, 1.165) is 55.2 Å². The van der Waals surface area contributed by atoms with E-state index in [1.807, 2.05) is 36.4 Å². The van der Waals surface area contributed by atoms with Gasteiger partial charge in [-0.05, 0) is 67.6 Å². The van der Waals surface area contributed by atoms with E-state index < -0.39 is 0 Å². The number of benzene rings is 3. The summed E-state index contributed by atoms with van der Waals surface area (Å²) >= 11 is 6.50. The van der Waals surface area contributed by atoms with E-state index in [4.69, 9.17) is 11.6 Å². The minimum atomic E-state index is 0.0299. The van der Waals surface area contributed by atoms with Gasteiger partial charge in [0.15, 0.2) is 0 Å². The molecule has 0 aliphatic carbocycles. The van der Waals surface area contributed by atoms with Crippen molar-refractivity contribution in [1.29, 1.82) is 0 Å². The Bertz CT molecular complexity index is 1290. The lowest BCUT2D eigenvalue weighted by Crippen LogP contribution is -2.41. The summed E-state index contributed by atoms with van der Waals surface area (Å²) in [5, 5.41) is 5.26. The van der Waals surface area contributed by atoms with Crippen LogP contribution in [-0.2, 0) is 17.9 Å². The summed E-state index contributed by atoms with van der Waals surface area (Å²) < 4.78 is 2.39. The van der Waals surface area contributed by atoms with Gasteiger partial charge in [-0.25, -0.2) is 0 Å². The topological polar surface area (TPSA) is 37.3 Å². The van der Waals surface area contributed by atoms with Crippen molar-refractivity contribution >= 4 is 28.4 Å². The van der Waals surface area contributed by atoms with Crippen LogP contribution in [0.5, 0.6) is 0 Å². The Balaban J connectivity index is 1.24. The molecule has 1 amide bonds. The molecule has 1 aromatic heterocycles. The fourth-order valence-corrected chi connectivity index (χ4v) is 5.32. The molecule has 180 valence electrons. The Morgan fingerprint density at radius 1 is 0.943 bits per heavy atom. The molecule has 4 aromatic rings. The summed E-state index contributed by atoms with van der Waals surface area (Å²) in [6, 6.07) is 29.1. The number of piperidine rings is 1. The summed E-state index contributed by atoms with van der Waals surface area (Å²) in [5.74, 6) is 0.250. The predicted molar refractivity (Wildman–Crippen MR) is 143 cm³/mol. The average molecular weight is 486 g/mol. The van der Waals surface area contributed by atoms with Crippen molar-refractivity contribution in [3.8, 4) is 0 Å². The molecule has 0 saturated carbocycles. The lowest BCUT2D eigenvalue weighted by molar-refractivity contribution is -0.127. The van der Waals surface area contributed by atoms with Crippen molar-refractivity contribution in [3.05, 3.63) is 107 Å². The largest absolute Gasteiger partial charge is 0.349 e. The predicted octanol–water partition coefficient (Wildman–Crippen LogP) is 6.43. The van der Waals surface area contributed by atoms with Crippen LogP contribution in [0.4, 0.5) is 0 Å².